The highest BCUT2D eigenvalue weighted by molar-refractivity contribution is 8.18. The Bertz CT molecular complexity index is 635. The average Bonchev–Trinajstić information content (AvgIpc) is 2.67. The topological polar surface area (TPSA) is 46.6 Å². The minimum Gasteiger partial charge on any atom is -0.496 e. The molecule has 1 aliphatic heterocycles. The number of likely N-dealkylation sites (N-methyl/N-ethyl adjacent to an activating group) is 1. The van der Waals surface area contributed by atoms with Crippen molar-refractivity contribution in [1.29, 1.82) is 0 Å². The first kappa shape index (κ1) is 15.6. The van der Waals surface area contributed by atoms with E-state index in [4.69, 9.17) is 4.74 Å². The van der Waals surface area contributed by atoms with Gasteiger partial charge >= 0.3 is 0 Å². The third-order valence-corrected chi connectivity index (χ3v) is 4.47. The molecular formula is C16H19NO3S. The number of carbonyl (C=O) groups excluding carboxylic acids is 2. The van der Waals surface area contributed by atoms with E-state index in [2.05, 4.69) is 13.8 Å². The van der Waals surface area contributed by atoms with E-state index in [0.717, 1.165) is 39.1 Å². The van der Waals surface area contributed by atoms with Crippen molar-refractivity contribution in [1.82, 2.24) is 4.90 Å². The van der Waals surface area contributed by atoms with E-state index in [0.29, 0.717) is 10.8 Å². The van der Waals surface area contributed by atoms with Gasteiger partial charge in [-0.25, -0.2) is 0 Å². The van der Waals surface area contributed by atoms with Crippen LogP contribution in [-0.4, -0.2) is 30.2 Å². The Kier molecular flexibility index (Phi) is 4.42. The lowest BCUT2D eigenvalue weighted by Gasteiger charge is -2.14. The predicted octanol–water partition coefficient (Wildman–Crippen LogP) is 3.79. The summed E-state index contributed by atoms with van der Waals surface area (Å²) >= 11 is 0.977. The smallest absolute Gasteiger partial charge is 0.293 e. The van der Waals surface area contributed by atoms with E-state index in [1.54, 1.807) is 13.2 Å². The van der Waals surface area contributed by atoms with Crippen LogP contribution in [0.2, 0.25) is 0 Å². The van der Waals surface area contributed by atoms with Crippen LogP contribution in [0.1, 0.15) is 36.5 Å². The predicted molar refractivity (Wildman–Crippen MR) is 85.6 cm³/mol. The first-order valence-electron chi connectivity index (χ1n) is 6.75. The molecule has 1 aromatic carbocycles. The van der Waals surface area contributed by atoms with Gasteiger partial charge < -0.3 is 4.74 Å². The molecule has 0 atom stereocenters. The third-order valence-electron chi connectivity index (χ3n) is 3.51. The summed E-state index contributed by atoms with van der Waals surface area (Å²) in [7, 11) is 3.15. The summed E-state index contributed by atoms with van der Waals surface area (Å²) in [6.07, 6.45) is 1.79. The highest BCUT2D eigenvalue weighted by Crippen LogP contribution is 2.34. The SMILES string of the molecule is COc1cc(C)c(/C=C2\SC(=O)N(C)C2=O)cc1C(C)C. The molecule has 21 heavy (non-hydrogen) atoms. The van der Waals surface area contributed by atoms with Crippen molar-refractivity contribution < 1.29 is 14.3 Å². The maximum Gasteiger partial charge on any atom is 0.293 e. The van der Waals surface area contributed by atoms with E-state index < -0.39 is 0 Å². The van der Waals surface area contributed by atoms with Crippen molar-refractivity contribution in [2.45, 2.75) is 26.7 Å². The molecule has 5 heteroatoms. The lowest BCUT2D eigenvalue weighted by Crippen LogP contribution is -2.22. The summed E-state index contributed by atoms with van der Waals surface area (Å²) in [4.78, 5) is 25.1. The molecule has 0 spiro atoms. The number of rotatable bonds is 3. The Morgan fingerprint density at radius 3 is 2.43 bits per heavy atom. The fraction of sp³-hybridized carbons (Fsp3) is 0.375. The van der Waals surface area contributed by atoms with Gasteiger partial charge in [0.25, 0.3) is 11.1 Å². The van der Waals surface area contributed by atoms with Gasteiger partial charge in [-0.15, -0.1) is 0 Å². The molecule has 4 nitrogen and oxygen atoms in total. The number of amides is 2. The van der Waals surface area contributed by atoms with Crippen molar-refractivity contribution in [3.05, 3.63) is 33.7 Å². The lowest BCUT2D eigenvalue weighted by atomic mass is 9.96. The molecule has 0 aliphatic carbocycles. The lowest BCUT2D eigenvalue weighted by molar-refractivity contribution is -0.121. The molecule has 1 aromatic rings. The van der Waals surface area contributed by atoms with Crippen molar-refractivity contribution in [2.75, 3.05) is 14.2 Å². The number of benzene rings is 1. The second-order valence-electron chi connectivity index (χ2n) is 5.35. The fourth-order valence-corrected chi connectivity index (χ4v) is 3.00. The molecule has 2 rings (SSSR count). The molecule has 0 unspecified atom stereocenters. The number of thioether (sulfide) groups is 1. The van der Waals surface area contributed by atoms with Gasteiger partial charge in [-0.2, -0.15) is 0 Å². The van der Waals surface area contributed by atoms with Crippen molar-refractivity contribution in [3.8, 4) is 5.75 Å². The Morgan fingerprint density at radius 1 is 1.29 bits per heavy atom. The van der Waals surface area contributed by atoms with Crippen LogP contribution in [0.3, 0.4) is 0 Å². The van der Waals surface area contributed by atoms with Gasteiger partial charge in [0.15, 0.2) is 0 Å². The molecule has 1 fully saturated rings. The van der Waals surface area contributed by atoms with Gasteiger partial charge in [-0.1, -0.05) is 13.8 Å². The Balaban J connectivity index is 2.48. The second-order valence-corrected chi connectivity index (χ2v) is 6.34. The quantitative estimate of drug-likeness (QED) is 0.797. The van der Waals surface area contributed by atoms with Crippen LogP contribution in [0, 0.1) is 6.92 Å². The second kappa shape index (κ2) is 5.93. The normalized spacial score (nSPS) is 17.2. The van der Waals surface area contributed by atoms with Crippen LogP contribution in [0.15, 0.2) is 17.0 Å². The van der Waals surface area contributed by atoms with Crippen LogP contribution in [0.25, 0.3) is 6.08 Å². The summed E-state index contributed by atoms with van der Waals surface area (Å²) in [5, 5.41) is -0.235. The molecule has 0 aromatic heterocycles. The summed E-state index contributed by atoms with van der Waals surface area (Å²) in [6.45, 7) is 6.16. The minimum absolute atomic E-state index is 0.235. The number of aryl methyl sites for hydroxylation is 1. The molecule has 0 N–H and O–H groups in total. The maximum absolute atomic E-state index is 12.0. The summed E-state index contributed by atoms with van der Waals surface area (Å²) in [6, 6.07) is 4.00. The maximum atomic E-state index is 12.0. The monoisotopic (exact) mass is 305 g/mol. The number of ether oxygens (including phenoxy) is 1. The first-order valence-corrected chi connectivity index (χ1v) is 7.57. The molecule has 1 aliphatic rings. The van der Waals surface area contributed by atoms with E-state index in [-0.39, 0.29) is 11.1 Å². The third kappa shape index (κ3) is 2.97. The van der Waals surface area contributed by atoms with E-state index in [9.17, 15) is 9.59 Å². The highest BCUT2D eigenvalue weighted by atomic mass is 32.2. The Morgan fingerprint density at radius 2 is 1.95 bits per heavy atom. The minimum atomic E-state index is -0.244. The molecular weight excluding hydrogens is 286 g/mol. The van der Waals surface area contributed by atoms with Gasteiger partial charge in [0.1, 0.15) is 5.75 Å². The molecule has 0 bridgehead atoms. The van der Waals surface area contributed by atoms with Crippen LogP contribution < -0.4 is 4.74 Å². The Hall–Kier alpha value is -1.75. The molecule has 0 radical (unpaired) electrons. The van der Waals surface area contributed by atoms with Gasteiger partial charge in [-0.05, 0) is 59.5 Å². The zero-order valence-corrected chi connectivity index (χ0v) is 13.7. The molecule has 2 amide bonds. The average molecular weight is 305 g/mol. The molecule has 0 saturated carbocycles. The number of carbonyl (C=O) groups is 2. The van der Waals surface area contributed by atoms with E-state index in [1.807, 2.05) is 19.1 Å². The Labute approximate surface area is 129 Å². The number of nitrogens with zero attached hydrogens (tertiary/aromatic N) is 1. The van der Waals surface area contributed by atoms with Gasteiger partial charge in [0.05, 0.1) is 12.0 Å². The first-order chi connectivity index (χ1) is 9.85. The van der Waals surface area contributed by atoms with Gasteiger partial charge in [-0.3, -0.25) is 14.5 Å². The van der Waals surface area contributed by atoms with Crippen LogP contribution in [0.5, 0.6) is 5.75 Å². The summed E-state index contributed by atoms with van der Waals surface area (Å²) in [5.41, 5.74) is 3.04. The molecule has 112 valence electrons. The zero-order valence-electron chi connectivity index (χ0n) is 12.9. The largest absolute Gasteiger partial charge is 0.496 e. The highest BCUT2D eigenvalue weighted by Gasteiger charge is 2.31. The van der Waals surface area contributed by atoms with Crippen LogP contribution in [0.4, 0.5) is 4.79 Å². The fourth-order valence-electron chi connectivity index (χ4n) is 2.19. The van der Waals surface area contributed by atoms with E-state index >= 15 is 0 Å². The zero-order chi connectivity index (χ0) is 15.7. The number of hydrogen-bond acceptors (Lipinski definition) is 4. The number of imide groups is 1. The van der Waals surface area contributed by atoms with E-state index in [1.165, 1.54) is 7.05 Å². The summed E-state index contributed by atoms with van der Waals surface area (Å²) in [5.74, 6) is 0.920. The molecule has 1 saturated heterocycles. The standard InChI is InChI=1S/C16H19NO3S/c1-9(2)12-7-11(10(3)6-13(12)20-5)8-14-15(18)17(4)16(19)21-14/h6-9H,1-5H3/b14-8-. The number of methoxy groups -OCH3 is 1. The summed E-state index contributed by atoms with van der Waals surface area (Å²) < 4.78 is 5.41. The van der Waals surface area contributed by atoms with Gasteiger partial charge in [0.2, 0.25) is 0 Å². The van der Waals surface area contributed by atoms with Gasteiger partial charge in [0, 0.05) is 7.05 Å². The van der Waals surface area contributed by atoms with Crippen LogP contribution in [-0.2, 0) is 4.79 Å². The van der Waals surface area contributed by atoms with Crippen molar-refractivity contribution >= 4 is 29.0 Å². The molecule has 1 heterocycles. The number of hydrogen-bond donors (Lipinski definition) is 0. The van der Waals surface area contributed by atoms with Crippen LogP contribution >= 0.6 is 11.8 Å². The van der Waals surface area contributed by atoms with Crippen molar-refractivity contribution in [2.24, 2.45) is 0 Å². The van der Waals surface area contributed by atoms with Crippen molar-refractivity contribution in [3.63, 3.8) is 0 Å².